The number of carbonyl (C=O) groups is 1. The largest absolute Gasteiger partial charge is 0.481 e. The summed E-state index contributed by atoms with van der Waals surface area (Å²) in [6.07, 6.45) is 4.39. The summed E-state index contributed by atoms with van der Waals surface area (Å²) < 4.78 is 21.2. The summed E-state index contributed by atoms with van der Waals surface area (Å²) in [6, 6.07) is 0. The highest BCUT2D eigenvalue weighted by Crippen LogP contribution is 2.38. The fraction of sp³-hybridized carbons (Fsp3) is 0.444. The average molecular weight is 251 g/mol. The van der Waals surface area contributed by atoms with Crippen molar-refractivity contribution >= 4 is 25.7 Å². The molecule has 0 saturated carbocycles. The molecule has 1 aliphatic rings. The Morgan fingerprint density at radius 1 is 1.60 bits per heavy atom. The van der Waals surface area contributed by atoms with E-state index in [1.165, 1.54) is 19.1 Å². The lowest BCUT2D eigenvalue weighted by Gasteiger charge is -2.31. The van der Waals surface area contributed by atoms with E-state index in [0.29, 0.717) is 5.57 Å². The van der Waals surface area contributed by atoms with Gasteiger partial charge in [0.1, 0.15) is 10.7 Å². The van der Waals surface area contributed by atoms with E-state index in [4.69, 9.17) is 15.8 Å². The first kappa shape index (κ1) is 12.3. The van der Waals surface area contributed by atoms with Gasteiger partial charge in [-0.15, -0.1) is 0 Å². The van der Waals surface area contributed by atoms with Gasteiger partial charge in [-0.3, -0.25) is 4.79 Å². The number of hydrogen-bond donors (Lipinski definition) is 1. The Bertz CT molecular complexity index is 449. The number of halogens is 1. The molecule has 4 nitrogen and oxygen atoms in total. The van der Waals surface area contributed by atoms with E-state index in [-0.39, 0.29) is 0 Å². The maximum Gasteiger partial charge on any atom is 0.312 e. The SMILES string of the molecule is CC1=CC=CC(C)(S(=O)(=O)Cl)C1C(=O)O. The number of hydrogen-bond acceptors (Lipinski definition) is 3. The third kappa shape index (κ3) is 1.94. The predicted molar refractivity (Wildman–Crippen MR) is 57.2 cm³/mol. The molecule has 2 atom stereocenters. The van der Waals surface area contributed by atoms with Crippen LogP contribution in [0.3, 0.4) is 0 Å². The van der Waals surface area contributed by atoms with Crippen molar-refractivity contribution in [1.29, 1.82) is 0 Å². The number of allylic oxidation sites excluding steroid dienone is 2. The van der Waals surface area contributed by atoms with Gasteiger partial charge in [-0.05, 0) is 13.8 Å². The molecule has 1 aliphatic carbocycles. The fourth-order valence-corrected chi connectivity index (χ4v) is 2.93. The smallest absolute Gasteiger partial charge is 0.312 e. The number of rotatable bonds is 2. The molecule has 0 spiro atoms. The van der Waals surface area contributed by atoms with Crippen LogP contribution in [0, 0.1) is 5.92 Å². The summed E-state index contributed by atoms with van der Waals surface area (Å²) in [4.78, 5) is 11.0. The summed E-state index contributed by atoms with van der Waals surface area (Å²) in [5, 5.41) is 9.01. The van der Waals surface area contributed by atoms with Gasteiger partial charge < -0.3 is 5.11 Å². The van der Waals surface area contributed by atoms with Gasteiger partial charge in [0.2, 0.25) is 9.05 Å². The van der Waals surface area contributed by atoms with Crippen molar-refractivity contribution in [3.05, 3.63) is 23.8 Å². The molecule has 15 heavy (non-hydrogen) atoms. The Kier molecular flexibility index (Phi) is 2.98. The molecule has 6 heteroatoms. The predicted octanol–water partition coefficient (Wildman–Crippen LogP) is 1.53. The van der Waals surface area contributed by atoms with Crippen LogP contribution in [0.15, 0.2) is 23.8 Å². The highest BCUT2D eigenvalue weighted by molar-refractivity contribution is 8.15. The van der Waals surface area contributed by atoms with Gasteiger partial charge in [0.15, 0.2) is 0 Å². The zero-order valence-corrected chi connectivity index (χ0v) is 9.84. The fourth-order valence-electron chi connectivity index (χ4n) is 1.70. The minimum atomic E-state index is -3.99. The molecule has 0 aromatic carbocycles. The van der Waals surface area contributed by atoms with Gasteiger partial charge in [0, 0.05) is 10.7 Å². The Labute approximate surface area is 92.7 Å². The lowest BCUT2D eigenvalue weighted by molar-refractivity contribution is -0.141. The van der Waals surface area contributed by atoms with Gasteiger partial charge in [-0.2, -0.15) is 0 Å². The van der Waals surface area contributed by atoms with Gasteiger partial charge >= 0.3 is 5.97 Å². The second-order valence-corrected chi connectivity index (χ2v) is 6.64. The molecule has 0 amide bonds. The van der Waals surface area contributed by atoms with E-state index in [9.17, 15) is 13.2 Å². The first-order valence-electron chi connectivity index (χ1n) is 4.23. The summed E-state index contributed by atoms with van der Waals surface area (Å²) in [5.74, 6) is -2.33. The van der Waals surface area contributed by atoms with Crippen molar-refractivity contribution in [2.45, 2.75) is 18.6 Å². The Hall–Kier alpha value is -0.810. The topological polar surface area (TPSA) is 71.4 Å². The van der Waals surface area contributed by atoms with Crippen LogP contribution < -0.4 is 0 Å². The van der Waals surface area contributed by atoms with Gasteiger partial charge in [-0.1, -0.05) is 23.8 Å². The third-order valence-corrected chi connectivity index (χ3v) is 5.01. The van der Waals surface area contributed by atoms with Crippen LogP contribution in [0.5, 0.6) is 0 Å². The van der Waals surface area contributed by atoms with Crippen LogP contribution in [0.4, 0.5) is 0 Å². The molecule has 0 fully saturated rings. The van der Waals surface area contributed by atoms with Crippen LogP contribution in [0.25, 0.3) is 0 Å². The van der Waals surface area contributed by atoms with Gasteiger partial charge in [-0.25, -0.2) is 8.42 Å². The molecule has 0 aromatic rings. The molecular weight excluding hydrogens is 240 g/mol. The second kappa shape index (κ2) is 3.64. The highest BCUT2D eigenvalue weighted by Gasteiger charge is 2.48. The minimum absolute atomic E-state index is 0.469. The first-order valence-corrected chi connectivity index (χ1v) is 6.54. The van der Waals surface area contributed by atoms with E-state index < -0.39 is 25.7 Å². The van der Waals surface area contributed by atoms with Crippen LogP contribution in [0.1, 0.15) is 13.8 Å². The highest BCUT2D eigenvalue weighted by atomic mass is 35.7. The summed E-state index contributed by atoms with van der Waals surface area (Å²) in [7, 11) is 1.30. The molecule has 0 bridgehead atoms. The molecule has 0 radical (unpaired) electrons. The molecule has 84 valence electrons. The van der Waals surface area contributed by atoms with Crippen molar-refractivity contribution in [2.24, 2.45) is 5.92 Å². The molecular formula is C9H11ClO4S. The molecule has 1 N–H and O–H groups in total. The standard InChI is InChI=1S/C9H11ClO4S/c1-6-4-3-5-9(2,15(10,13)14)7(6)8(11)12/h3-5,7H,1-2H3,(H,11,12). The van der Waals surface area contributed by atoms with Crippen LogP contribution in [-0.2, 0) is 13.8 Å². The monoisotopic (exact) mass is 250 g/mol. The zero-order valence-electron chi connectivity index (χ0n) is 8.27. The maximum absolute atomic E-state index is 11.4. The van der Waals surface area contributed by atoms with E-state index in [2.05, 4.69) is 0 Å². The van der Waals surface area contributed by atoms with Crippen molar-refractivity contribution < 1.29 is 18.3 Å². The van der Waals surface area contributed by atoms with Crippen molar-refractivity contribution in [3.63, 3.8) is 0 Å². The molecule has 2 unspecified atom stereocenters. The van der Waals surface area contributed by atoms with Gasteiger partial charge in [0.25, 0.3) is 0 Å². The number of carboxylic acids is 1. The van der Waals surface area contributed by atoms with E-state index in [1.54, 1.807) is 13.0 Å². The Morgan fingerprint density at radius 2 is 2.13 bits per heavy atom. The van der Waals surface area contributed by atoms with E-state index in [1.807, 2.05) is 0 Å². The molecule has 0 heterocycles. The third-order valence-electron chi connectivity index (χ3n) is 2.59. The minimum Gasteiger partial charge on any atom is -0.481 e. The van der Waals surface area contributed by atoms with Crippen LogP contribution >= 0.6 is 10.7 Å². The lowest BCUT2D eigenvalue weighted by Crippen LogP contribution is -2.44. The first-order chi connectivity index (χ1) is 6.70. The van der Waals surface area contributed by atoms with Crippen molar-refractivity contribution in [3.8, 4) is 0 Å². The van der Waals surface area contributed by atoms with Crippen molar-refractivity contribution in [1.82, 2.24) is 0 Å². The average Bonchev–Trinajstić information content (AvgIpc) is 2.00. The molecule has 1 rings (SSSR count). The summed E-state index contributed by atoms with van der Waals surface area (Å²) >= 11 is 0. The van der Waals surface area contributed by atoms with Crippen LogP contribution in [-0.4, -0.2) is 24.2 Å². The molecule has 0 aromatic heterocycles. The summed E-state index contributed by atoms with van der Waals surface area (Å²) in [5.41, 5.74) is 0.469. The Balaban J connectivity index is 3.38. The zero-order chi connectivity index (χ0) is 11.9. The van der Waals surface area contributed by atoms with Gasteiger partial charge in [0.05, 0.1) is 0 Å². The maximum atomic E-state index is 11.4. The molecule has 0 aliphatic heterocycles. The van der Waals surface area contributed by atoms with Crippen molar-refractivity contribution in [2.75, 3.05) is 0 Å². The number of aliphatic carboxylic acids is 1. The second-order valence-electron chi connectivity index (χ2n) is 3.66. The number of carboxylic acid groups (broad SMARTS) is 1. The Morgan fingerprint density at radius 3 is 2.47 bits per heavy atom. The van der Waals surface area contributed by atoms with Crippen LogP contribution in [0.2, 0.25) is 0 Å². The van der Waals surface area contributed by atoms with E-state index >= 15 is 0 Å². The normalized spacial score (nSPS) is 31.1. The quantitative estimate of drug-likeness (QED) is 0.755. The summed E-state index contributed by atoms with van der Waals surface area (Å²) in [6.45, 7) is 2.88. The van der Waals surface area contributed by atoms with E-state index in [0.717, 1.165) is 0 Å². The molecule has 0 saturated heterocycles. The lowest BCUT2D eigenvalue weighted by atomic mass is 9.83.